The lowest BCUT2D eigenvalue weighted by Gasteiger charge is -2.26. The molecule has 0 aliphatic rings. The Balaban J connectivity index is 2.85. The summed E-state index contributed by atoms with van der Waals surface area (Å²) in [6.07, 6.45) is 0. The fraction of sp³-hybridized carbons (Fsp3) is 0.429. The topological polar surface area (TPSA) is 60.9 Å². The van der Waals surface area contributed by atoms with Crippen LogP contribution < -0.4 is 0 Å². The predicted molar refractivity (Wildman–Crippen MR) is 73.0 cm³/mol. The van der Waals surface area contributed by atoms with E-state index in [-0.39, 0.29) is 17.5 Å². The number of rotatable bonds is 5. The number of carboxylic acid groups (broad SMARTS) is 1. The molecule has 0 saturated carbocycles. The van der Waals surface area contributed by atoms with Crippen molar-refractivity contribution in [1.82, 2.24) is 9.80 Å². The van der Waals surface area contributed by atoms with Gasteiger partial charge in [-0.05, 0) is 25.6 Å². The monoisotopic (exact) mass is 264 g/mol. The third kappa shape index (κ3) is 3.79. The number of likely N-dealkylation sites (N-methyl/N-ethyl adjacent to an activating group) is 2. The number of carboxylic acids is 1. The Morgan fingerprint density at radius 3 is 2.32 bits per heavy atom. The van der Waals surface area contributed by atoms with Crippen LogP contribution in [0.15, 0.2) is 24.3 Å². The fourth-order valence-corrected chi connectivity index (χ4v) is 1.83. The van der Waals surface area contributed by atoms with Crippen LogP contribution in [-0.2, 0) is 11.3 Å². The zero-order valence-corrected chi connectivity index (χ0v) is 11.8. The summed E-state index contributed by atoms with van der Waals surface area (Å²) in [4.78, 5) is 26.4. The lowest BCUT2D eigenvalue weighted by Crippen LogP contribution is -2.42. The standard InChI is InChI=1S/C14H20N2O3/c1-10(13(17)15(2)3)16(4)9-11-7-5-6-8-12(11)14(18)19/h5-8,10H,9H2,1-4H3,(H,18,19)/t10-/m0/s1. The van der Waals surface area contributed by atoms with Gasteiger partial charge >= 0.3 is 5.97 Å². The molecule has 19 heavy (non-hydrogen) atoms. The van der Waals surface area contributed by atoms with E-state index in [9.17, 15) is 9.59 Å². The third-order valence-corrected chi connectivity index (χ3v) is 3.13. The van der Waals surface area contributed by atoms with Gasteiger partial charge in [0, 0.05) is 20.6 Å². The van der Waals surface area contributed by atoms with E-state index in [1.54, 1.807) is 38.4 Å². The van der Waals surface area contributed by atoms with E-state index in [4.69, 9.17) is 5.11 Å². The van der Waals surface area contributed by atoms with E-state index in [0.29, 0.717) is 12.1 Å². The normalized spacial score (nSPS) is 12.3. The molecule has 1 aromatic rings. The summed E-state index contributed by atoms with van der Waals surface area (Å²) in [5, 5.41) is 9.12. The highest BCUT2D eigenvalue weighted by Crippen LogP contribution is 2.13. The highest BCUT2D eigenvalue weighted by Gasteiger charge is 2.21. The molecule has 1 rings (SSSR count). The molecular weight excluding hydrogens is 244 g/mol. The Kier molecular flexibility index (Phi) is 5.06. The van der Waals surface area contributed by atoms with E-state index in [2.05, 4.69) is 0 Å². The van der Waals surface area contributed by atoms with E-state index in [1.165, 1.54) is 4.90 Å². The van der Waals surface area contributed by atoms with Gasteiger partial charge in [0.15, 0.2) is 0 Å². The lowest BCUT2D eigenvalue weighted by atomic mass is 10.1. The van der Waals surface area contributed by atoms with Crippen molar-refractivity contribution in [1.29, 1.82) is 0 Å². The number of hydrogen-bond donors (Lipinski definition) is 1. The van der Waals surface area contributed by atoms with Crippen LogP contribution in [0, 0.1) is 0 Å². The van der Waals surface area contributed by atoms with Crippen LogP contribution in [0.1, 0.15) is 22.8 Å². The number of benzene rings is 1. The van der Waals surface area contributed by atoms with Crippen LogP contribution in [0.3, 0.4) is 0 Å². The van der Waals surface area contributed by atoms with Gasteiger partial charge in [-0.2, -0.15) is 0 Å². The summed E-state index contributed by atoms with van der Waals surface area (Å²) in [7, 11) is 5.22. The van der Waals surface area contributed by atoms with Crippen molar-refractivity contribution in [2.45, 2.75) is 19.5 Å². The minimum atomic E-state index is -0.949. The second-order valence-corrected chi connectivity index (χ2v) is 4.79. The molecule has 0 spiro atoms. The molecule has 0 fully saturated rings. The van der Waals surface area contributed by atoms with Gasteiger partial charge in [-0.25, -0.2) is 4.79 Å². The smallest absolute Gasteiger partial charge is 0.336 e. The maximum absolute atomic E-state index is 11.9. The van der Waals surface area contributed by atoms with Gasteiger partial charge in [0.25, 0.3) is 0 Å². The zero-order chi connectivity index (χ0) is 14.6. The van der Waals surface area contributed by atoms with E-state index in [1.807, 2.05) is 18.9 Å². The Bertz CT molecular complexity index is 472. The van der Waals surface area contributed by atoms with Gasteiger partial charge in [0.05, 0.1) is 11.6 Å². The number of nitrogens with zero attached hydrogens (tertiary/aromatic N) is 2. The first kappa shape index (κ1) is 15.2. The molecule has 104 valence electrons. The molecule has 1 amide bonds. The molecule has 0 aliphatic heterocycles. The van der Waals surface area contributed by atoms with Crippen molar-refractivity contribution in [3.8, 4) is 0 Å². The molecule has 1 aromatic carbocycles. The molecule has 0 saturated heterocycles. The van der Waals surface area contributed by atoms with Crippen molar-refractivity contribution in [2.24, 2.45) is 0 Å². The second kappa shape index (κ2) is 6.33. The van der Waals surface area contributed by atoms with E-state index < -0.39 is 5.97 Å². The van der Waals surface area contributed by atoms with Crippen LogP contribution in [0.2, 0.25) is 0 Å². The molecule has 0 radical (unpaired) electrons. The summed E-state index contributed by atoms with van der Waals surface area (Å²) in [5.41, 5.74) is 0.981. The van der Waals surface area contributed by atoms with Crippen molar-refractivity contribution in [3.63, 3.8) is 0 Å². The average molecular weight is 264 g/mol. The number of hydrogen-bond acceptors (Lipinski definition) is 3. The predicted octanol–water partition coefficient (Wildman–Crippen LogP) is 1.29. The molecule has 0 bridgehead atoms. The van der Waals surface area contributed by atoms with Gasteiger partial charge in [-0.15, -0.1) is 0 Å². The van der Waals surface area contributed by atoms with E-state index in [0.717, 1.165) is 0 Å². The van der Waals surface area contributed by atoms with Crippen LogP contribution in [-0.4, -0.2) is 54.0 Å². The fourth-order valence-electron chi connectivity index (χ4n) is 1.83. The summed E-state index contributed by atoms with van der Waals surface area (Å²) in [6, 6.07) is 6.54. The number of carbonyl (C=O) groups is 2. The number of aromatic carboxylic acids is 1. The maximum Gasteiger partial charge on any atom is 0.336 e. The van der Waals surface area contributed by atoms with Gasteiger partial charge in [0.2, 0.25) is 5.91 Å². The Morgan fingerprint density at radius 2 is 1.79 bits per heavy atom. The van der Waals surface area contributed by atoms with Crippen LogP contribution in [0.4, 0.5) is 0 Å². The zero-order valence-electron chi connectivity index (χ0n) is 11.8. The summed E-state index contributed by atoms with van der Waals surface area (Å²) < 4.78 is 0. The van der Waals surface area contributed by atoms with Gasteiger partial charge in [-0.1, -0.05) is 18.2 Å². The first-order valence-corrected chi connectivity index (χ1v) is 6.07. The first-order valence-electron chi connectivity index (χ1n) is 6.07. The highest BCUT2D eigenvalue weighted by atomic mass is 16.4. The summed E-state index contributed by atoms with van der Waals surface area (Å²) >= 11 is 0. The van der Waals surface area contributed by atoms with Gasteiger partial charge in [-0.3, -0.25) is 9.69 Å². The molecule has 1 atom stereocenters. The molecule has 1 N–H and O–H groups in total. The minimum Gasteiger partial charge on any atom is -0.478 e. The van der Waals surface area contributed by atoms with Crippen LogP contribution in [0.5, 0.6) is 0 Å². The Hall–Kier alpha value is -1.88. The quantitative estimate of drug-likeness (QED) is 0.870. The maximum atomic E-state index is 11.9. The third-order valence-electron chi connectivity index (χ3n) is 3.13. The second-order valence-electron chi connectivity index (χ2n) is 4.79. The van der Waals surface area contributed by atoms with Crippen molar-refractivity contribution >= 4 is 11.9 Å². The van der Waals surface area contributed by atoms with Crippen molar-refractivity contribution < 1.29 is 14.7 Å². The largest absolute Gasteiger partial charge is 0.478 e. The molecular formula is C14H20N2O3. The first-order chi connectivity index (χ1) is 8.84. The van der Waals surface area contributed by atoms with Crippen LogP contribution in [0.25, 0.3) is 0 Å². The van der Waals surface area contributed by atoms with Gasteiger partial charge in [0.1, 0.15) is 0 Å². The molecule has 5 nitrogen and oxygen atoms in total. The van der Waals surface area contributed by atoms with Crippen molar-refractivity contribution in [3.05, 3.63) is 35.4 Å². The molecule has 0 heterocycles. The Morgan fingerprint density at radius 1 is 1.21 bits per heavy atom. The summed E-state index contributed by atoms with van der Waals surface area (Å²) in [6.45, 7) is 2.23. The molecule has 5 heteroatoms. The SMILES string of the molecule is C[C@@H](C(=O)N(C)C)N(C)Cc1ccccc1C(=O)O. The summed E-state index contributed by atoms with van der Waals surface area (Å²) in [5.74, 6) is -0.953. The van der Waals surface area contributed by atoms with Gasteiger partial charge < -0.3 is 10.0 Å². The highest BCUT2D eigenvalue weighted by molar-refractivity contribution is 5.89. The van der Waals surface area contributed by atoms with E-state index >= 15 is 0 Å². The minimum absolute atomic E-state index is 0.00435. The molecule has 0 aromatic heterocycles. The number of carbonyl (C=O) groups excluding carboxylic acids is 1. The molecule has 0 unspecified atom stereocenters. The lowest BCUT2D eigenvalue weighted by molar-refractivity contribution is -0.133. The Labute approximate surface area is 113 Å². The molecule has 0 aliphatic carbocycles. The van der Waals surface area contributed by atoms with Crippen LogP contribution >= 0.6 is 0 Å². The number of amides is 1. The van der Waals surface area contributed by atoms with Crippen molar-refractivity contribution in [2.75, 3.05) is 21.1 Å². The average Bonchev–Trinajstić information content (AvgIpc) is 2.37.